The molecule has 0 unspecified atom stereocenters. The standard InChI is InChI=1S/C16H23N5/c1-2-14-11-19-7-3-5-15(19)12-21(14)10-13-9-20-8-4-6-17-16(20)18-13/h4,6,8-9,14-15H,2-3,5,7,10-12H2,1H3/t14-,15-/m1/s1. The molecule has 0 bridgehead atoms. The Morgan fingerprint density at radius 3 is 3.14 bits per heavy atom. The Morgan fingerprint density at radius 2 is 2.29 bits per heavy atom. The van der Waals surface area contributed by atoms with Crippen molar-refractivity contribution in [3.63, 3.8) is 0 Å². The van der Waals surface area contributed by atoms with Crippen LogP contribution in [0.3, 0.4) is 0 Å². The van der Waals surface area contributed by atoms with E-state index >= 15 is 0 Å². The van der Waals surface area contributed by atoms with Gasteiger partial charge in [0.2, 0.25) is 5.78 Å². The van der Waals surface area contributed by atoms with Crippen LogP contribution in [0.2, 0.25) is 0 Å². The Hall–Kier alpha value is -1.46. The van der Waals surface area contributed by atoms with Crippen molar-refractivity contribution in [1.29, 1.82) is 0 Å². The summed E-state index contributed by atoms with van der Waals surface area (Å²) in [5, 5.41) is 0. The summed E-state index contributed by atoms with van der Waals surface area (Å²) >= 11 is 0. The minimum atomic E-state index is 0.664. The Kier molecular flexibility index (Phi) is 3.39. The van der Waals surface area contributed by atoms with Crippen LogP contribution in [0.25, 0.3) is 5.78 Å². The first kappa shape index (κ1) is 13.2. The average Bonchev–Trinajstić information content (AvgIpc) is 3.11. The molecule has 5 heteroatoms. The van der Waals surface area contributed by atoms with Gasteiger partial charge in [-0.05, 0) is 31.9 Å². The van der Waals surface area contributed by atoms with E-state index in [9.17, 15) is 0 Å². The lowest BCUT2D eigenvalue weighted by Crippen LogP contribution is -2.55. The molecule has 0 saturated carbocycles. The van der Waals surface area contributed by atoms with Crippen LogP contribution in [0.4, 0.5) is 0 Å². The molecule has 2 aromatic heterocycles. The van der Waals surface area contributed by atoms with Crippen molar-refractivity contribution in [2.75, 3.05) is 19.6 Å². The first-order chi connectivity index (χ1) is 10.3. The maximum absolute atomic E-state index is 4.66. The molecule has 5 nitrogen and oxygen atoms in total. The third kappa shape index (κ3) is 2.45. The predicted molar refractivity (Wildman–Crippen MR) is 82.1 cm³/mol. The average molecular weight is 285 g/mol. The highest BCUT2D eigenvalue weighted by Crippen LogP contribution is 2.26. The molecular weight excluding hydrogens is 262 g/mol. The van der Waals surface area contributed by atoms with Crippen LogP contribution in [0.5, 0.6) is 0 Å². The van der Waals surface area contributed by atoms with Gasteiger partial charge in [-0.3, -0.25) is 14.2 Å². The minimum absolute atomic E-state index is 0.664. The van der Waals surface area contributed by atoms with Crippen LogP contribution in [0, 0.1) is 0 Å². The van der Waals surface area contributed by atoms with Gasteiger partial charge in [-0.15, -0.1) is 0 Å². The summed E-state index contributed by atoms with van der Waals surface area (Å²) in [4.78, 5) is 14.3. The van der Waals surface area contributed by atoms with E-state index in [0.717, 1.165) is 24.1 Å². The van der Waals surface area contributed by atoms with E-state index in [2.05, 4.69) is 32.9 Å². The minimum Gasteiger partial charge on any atom is -0.298 e. The van der Waals surface area contributed by atoms with Gasteiger partial charge in [-0.2, -0.15) is 0 Å². The summed E-state index contributed by atoms with van der Waals surface area (Å²) < 4.78 is 2.02. The largest absolute Gasteiger partial charge is 0.298 e. The molecule has 2 atom stereocenters. The van der Waals surface area contributed by atoms with Gasteiger partial charge >= 0.3 is 0 Å². The highest BCUT2D eigenvalue weighted by molar-refractivity contribution is 5.29. The van der Waals surface area contributed by atoms with E-state index < -0.39 is 0 Å². The van der Waals surface area contributed by atoms with Gasteiger partial charge in [0.1, 0.15) is 0 Å². The fourth-order valence-electron chi connectivity index (χ4n) is 3.89. The number of nitrogens with zero attached hydrogens (tertiary/aromatic N) is 5. The Labute approximate surface area is 125 Å². The number of hydrogen-bond donors (Lipinski definition) is 0. The molecule has 2 aliphatic rings. The molecule has 0 aliphatic carbocycles. The number of fused-ring (bicyclic) bond motifs is 2. The fraction of sp³-hybridized carbons (Fsp3) is 0.625. The maximum Gasteiger partial charge on any atom is 0.233 e. The van der Waals surface area contributed by atoms with Gasteiger partial charge in [0.15, 0.2) is 0 Å². The highest BCUT2D eigenvalue weighted by atomic mass is 15.3. The van der Waals surface area contributed by atoms with Gasteiger partial charge in [0.25, 0.3) is 0 Å². The van der Waals surface area contributed by atoms with Crippen LogP contribution in [0.1, 0.15) is 31.9 Å². The number of imidazole rings is 1. The first-order valence-corrected chi connectivity index (χ1v) is 8.10. The second kappa shape index (κ2) is 5.39. The van der Waals surface area contributed by atoms with Gasteiger partial charge in [-0.1, -0.05) is 6.92 Å². The van der Waals surface area contributed by atoms with Crippen LogP contribution in [0.15, 0.2) is 24.7 Å². The molecule has 4 heterocycles. The zero-order valence-electron chi connectivity index (χ0n) is 12.6. The summed E-state index contributed by atoms with van der Waals surface area (Å²) in [7, 11) is 0. The highest BCUT2D eigenvalue weighted by Gasteiger charge is 2.35. The number of hydrogen-bond acceptors (Lipinski definition) is 4. The smallest absolute Gasteiger partial charge is 0.233 e. The zero-order chi connectivity index (χ0) is 14.2. The van der Waals surface area contributed by atoms with Gasteiger partial charge in [0, 0.05) is 50.3 Å². The van der Waals surface area contributed by atoms with Crippen LogP contribution < -0.4 is 0 Å². The molecule has 0 amide bonds. The molecule has 4 rings (SSSR count). The molecule has 2 fully saturated rings. The summed E-state index contributed by atoms with van der Waals surface area (Å²) in [6.07, 6.45) is 9.89. The third-order valence-electron chi connectivity index (χ3n) is 5.03. The van der Waals surface area contributed by atoms with E-state index in [0.29, 0.717) is 6.04 Å². The molecule has 21 heavy (non-hydrogen) atoms. The van der Waals surface area contributed by atoms with E-state index in [1.165, 1.54) is 38.9 Å². The Balaban J connectivity index is 1.54. The third-order valence-corrected chi connectivity index (χ3v) is 5.03. The van der Waals surface area contributed by atoms with Crippen LogP contribution in [-0.4, -0.2) is 55.9 Å². The zero-order valence-corrected chi connectivity index (χ0v) is 12.6. The quantitative estimate of drug-likeness (QED) is 0.861. The second-order valence-electron chi connectivity index (χ2n) is 6.34. The monoisotopic (exact) mass is 285 g/mol. The van der Waals surface area contributed by atoms with Crippen LogP contribution >= 0.6 is 0 Å². The van der Waals surface area contributed by atoms with Crippen molar-refractivity contribution < 1.29 is 0 Å². The lowest BCUT2D eigenvalue weighted by Gasteiger charge is -2.43. The van der Waals surface area contributed by atoms with E-state index in [-0.39, 0.29) is 0 Å². The molecule has 112 valence electrons. The van der Waals surface area contributed by atoms with Gasteiger partial charge in [-0.25, -0.2) is 9.97 Å². The Morgan fingerprint density at radius 1 is 1.33 bits per heavy atom. The van der Waals surface area contributed by atoms with Crippen molar-refractivity contribution in [1.82, 2.24) is 24.2 Å². The maximum atomic E-state index is 4.66. The summed E-state index contributed by atoms with van der Waals surface area (Å²) in [6, 6.07) is 3.38. The molecule has 2 aromatic rings. The lowest BCUT2D eigenvalue weighted by atomic mass is 10.0. The lowest BCUT2D eigenvalue weighted by molar-refractivity contribution is 0.0430. The topological polar surface area (TPSA) is 36.7 Å². The SMILES string of the molecule is CC[C@@H]1CN2CCC[C@@H]2CN1Cc1cn2cccnc2n1. The van der Waals surface area contributed by atoms with Crippen molar-refractivity contribution in [2.45, 2.75) is 44.8 Å². The molecule has 2 aliphatic heterocycles. The van der Waals surface area contributed by atoms with Crippen molar-refractivity contribution in [3.05, 3.63) is 30.4 Å². The van der Waals surface area contributed by atoms with E-state index in [1.54, 1.807) is 6.20 Å². The fourth-order valence-corrected chi connectivity index (χ4v) is 3.89. The molecule has 0 spiro atoms. The van der Waals surface area contributed by atoms with Gasteiger partial charge < -0.3 is 0 Å². The number of rotatable bonds is 3. The molecule has 0 aromatic carbocycles. The van der Waals surface area contributed by atoms with Crippen LogP contribution in [-0.2, 0) is 6.54 Å². The van der Waals surface area contributed by atoms with Crippen molar-refractivity contribution in [3.8, 4) is 0 Å². The van der Waals surface area contributed by atoms with Crippen molar-refractivity contribution >= 4 is 5.78 Å². The first-order valence-electron chi connectivity index (χ1n) is 8.10. The van der Waals surface area contributed by atoms with Crippen molar-refractivity contribution in [2.24, 2.45) is 0 Å². The predicted octanol–water partition coefficient (Wildman–Crippen LogP) is 1.79. The Bertz CT molecular complexity index is 589. The normalized spacial score (nSPS) is 27.3. The van der Waals surface area contributed by atoms with E-state index in [4.69, 9.17) is 0 Å². The molecular formula is C16H23N5. The summed E-state index contributed by atoms with van der Waals surface area (Å²) in [5.74, 6) is 0.806. The molecule has 0 N–H and O–H groups in total. The number of piperazine rings is 1. The van der Waals surface area contributed by atoms with E-state index in [1.807, 2.05) is 16.7 Å². The van der Waals surface area contributed by atoms with Gasteiger partial charge in [0.05, 0.1) is 5.69 Å². The molecule has 0 radical (unpaired) electrons. The second-order valence-corrected chi connectivity index (χ2v) is 6.34. The molecule has 2 saturated heterocycles. The number of aromatic nitrogens is 3. The summed E-state index contributed by atoms with van der Waals surface area (Å²) in [6.45, 7) is 6.98. The summed E-state index contributed by atoms with van der Waals surface area (Å²) in [5.41, 5.74) is 1.14.